The van der Waals surface area contributed by atoms with Gasteiger partial charge in [-0.25, -0.2) is 10.2 Å². The second-order valence-electron chi connectivity index (χ2n) is 9.04. The SMILES string of the molecule is CCOC(=O)c1c(NC(=O)C(=O)N/N=C/c2cc(Br)c(OCc3c(Cl)cccc3Cl)c(OCC)c2)sc2c1CCCC2. The van der Waals surface area contributed by atoms with E-state index in [4.69, 9.17) is 37.4 Å². The van der Waals surface area contributed by atoms with Crippen LogP contribution in [0, 0.1) is 0 Å². The van der Waals surface area contributed by atoms with Gasteiger partial charge in [0.2, 0.25) is 0 Å². The van der Waals surface area contributed by atoms with Gasteiger partial charge in [-0.1, -0.05) is 29.3 Å². The number of ether oxygens (including phenoxy) is 3. The molecule has 2 aromatic carbocycles. The van der Waals surface area contributed by atoms with Gasteiger partial charge in [0.15, 0.2) is 11.5 Å². The van der Waals surface area contributed by atoms with Crippen molar-refractivity contribution < 1.29 is 28.6 Å². The maximum absolute atomic E-state index is 12.7. The van der Waals surface area contributed by atoms with Gasteiger partial charge in [0.05, 0.1) is 29.5 Å². The van der Waals surface area contributed by atoms with Crippen LogP contribution in [0.1, 0.15) is 58.6 Å². The highest BCUT2D eigenvalue weighted by Gasteiger charge is 2.28. The lowest BCUT2D eigenvalue weighted by Gasteiger charge is -2.15. The molecule has 1 aliphatic carbocycles. The molecule has 9 nitrogen and oxygen atoms in total. The molecule has 0 aliphatic heterocycles. The number of thiophene rings is 1. The van der Waals surface area contributed by atoms with Gasteiger partial charge in [-0.15, -0.1) is 11.3 Å². The number of carbonyl (C=O) groups excluding carboxylic acids is 3. The van der Waals surface area contributed by atoms with Crippen molar-refractivity contribution in [3.63, 3.8) is 0 Å². The molecule has 0 saturated heterocycles. The average Bonchev–Trinajstić information content (AvgIpc) is 3.32. The molecule has 1 aromatic heterocycles. The fourth-order valence-electron chi connectivity index (χ4n) is 4.33. The van der Waals surface area contributed by atoms with Crippen LogP contribution in [0.25, 0.3) is 0 Å². The van der Waals surface area contributed by atoms with Gasteiger partial charge in [0.25, 0.3) is 0 Å². The number of rotatable bonds is 10. The number of nitrogens with zero attached hydrogens (tertiary/aromatic N) is 1. The molecule has 13 heteroatoms. The third-order valence-corrected chi connectivity index (χ3v) is 8.72. The minimum atomic E-state index is -0.992. The first kappa shape index (κ1) is 31.8. The molecule has 0 bridgehead atoms. The number of halogens is 3. The lowest BCUT2D eigenvalue weighted by atomic mass is 9.95. The van der Waals surface area contributed by atoms with Crippen LogP contribution in [0.2, 0.25) is 10.0 Å². The molecule has 3 aromatic rings. The van der Waals surface area contributed by atoms with E-state index in [-0.39, 0.29) is 13.2 Å². The number of hydrogen-bond acceptors (Lipinski definition) is 8. The number of fused-ring (bicyclic) bond motifs is 1. The van der Waals surface area contributed by atoms with Crippen LogP contribution in [0.4, 0.5) is 5.00 Å². The average molecular weight is 697 g/mol. The van der Waals surface area contributed by atoms with Crippen LogP contribution in [0.5, 0.6) is 11.5 Å². The number of carbonyl (C=O) groups is 3. The van der Waals surface area contributed by atoms with Crippen LogP contribution in [0.15, 0.2) is 39.9 Å². The van der Waals surface area contributed by atoms with Crippen molar-refractivity contribution in [3.05, 3.63) is 72.0 Å². The molecule has 1 aliphatic rings. The number of hydrogen-bond donors (Lipinski definition) is 2. The van der Waals surface area contributed by atoms with E-state index in [1.54, 1.807) is 37.3 Å². The lowest BCUT2D eigenvalue weighted by Crippen LogP contribution is -2.32. The molecule has 0 atom stereocenters. The largest absolute Gasteiger partial charge is 0.490 e. The Morgan fingerprint density at radius 2 is 1.79 bits per heavy atom. The van der Waals surface area contributed by atoms with Crippen molar-refractivity contribution in [2.45, 2.75) is 46.1 Å². The quantitative estimate of drug-likeness (QED) is 0.103. The molecule has 0 spiro atoms. The Bertz CT molecular complexity index is 1510. The number of anilines is 1. The monoisotopic (exact) mass is 695 g/mol. The van der Waals surface area contributed by atoms with E-state index in [9.17, 15) is 14.4 Å². The number of benzene rings is 2. The van der Waals surface area contributed by atoms with E-state index in [0.29, 0.717) is 54.3 Å². The second kappa shape index (κ2) is 14.9. The van der Waals surface area contributed by atoms with Gasteiger partial charge in [-0.05, 0) is 90.9 Å². The Kier molecular flexibility index (Phi) is 11.3. The van der Waals surface area contributed by atoms with Crippen molar-refractivity contribution in [3.8, 4) is 11.5 Å². The van der Waals surface area contributed by atoms with E-state index in [2.05, 4.69) is 31.8 Å². The molecular weight excluding hydrogens is 669 g/mol. The van der Waals surface area contributed by atoms with E-state index in [1.165, 1.54) is 17.6 Å². The van der Waals surface area contributed by atoms with E-state index >= 15 is 0 Å². The number of esters is 1. The summed E-state index contributed by atoms with van der Waals surface area (Å²) < 4.78 is 17.5. The molecule has 2 N–H and O–H groups in total. The number of hydrazone groups is 1. The summed E-state index contributed by atoms with van der Waals surface area (Å²) in [5.41, 5.74) is 4.63. The van der Waals surface area contributed by atoms with Crippen LogP contribution < -0.4 is 20.2 Å². The molecule has 4 rings (SSSR count). The first-order valence-electron chi connectivity index (χ1n) is 13.2. The number of nitrogens with one attached hydrogen (secondary N) is 2. The summed E-state index contributed by atoms with van der Waals surface area (Å²) in [6.45, 7) is 4.23. The normalized spacial score (nSPS) is 12.5. The predicted molar refractivity (Wildman–Crippen MR) is 167 cm³/mol. The minimum Gasteiger partial charge on any atom is -0.490 e. The summed E-state index contributed by atoms with van der Waals surface area (Å²) in [6.07, 6.45) is 4.85. The summed E-state index contributed by atoms with van der Waals surface area (Å²) in [4.78, 5) is 38.8. The first-order valence-corrected chi connectivity index (χ1v) is 15.6. The van der Waals surface area contributed by atoms with Crippen LogP contribution in [0.3, 0.4) is 0 Å². The zero-order chi connectivity index (χ0) is 30.2. The maximum Gasteiger partial charge on any atom is 0.341 e. The molecular formula is C29H28BrCl2N3O6S. The van der Waals surface area contributed by atoms with Gasteiger partial charge in [-0.2, -0.15) is 5.10 Å². The van der Waals surface area contributed by atoms with Crippen molar-refractivity contribution in [2.24, 2.45) is 5.10 Å². The fraction of sp³-hybridized carbons (Fsp3) is 0.310. The summed E-state index contributed by atoms with van der Waals surface area (Å²) >= 11 is 17.3. The van der Waals surface area contributed by atoms with Gasteiger partial charge >= 0.3 is 17.8 Å². The highest BCUT2D eigenvalue weighted by Crippen LogP contribution is 2.39. The lowest BCUT2D eigenvalue weighted by molar-refractivity contribution is -0.136. The minimum absolute atomic E-state index is 0.112. The third-order valence-electron chi connectivity index (χ3n) is 6.22. The Morgan fingerprint density at radius 1 is 1.05 bits per heavy atom. The topological polar surface area (TPSA) is 115 Å². The molecule has 222 valence electrons. The summed E-state index contributed by atoms with van der Waals surface area (Å²) in [5.74, 6) is -1.59. The zero-order valence-corrected chi connectivity index (χ0v) is 26.8. The first-order chi connectivity index (χ1) is 20.2. The summed E-state index contributed by atoms with van der Waals surface area (Å²) in [5, 5.41) is 7.76. The van der Waals surface area contributed by atoms with E-state index < -0.39 is 17.8 Å². The number of aryl methyl sites for hydroxylation is 1. The molecule has 1 heterocycles. The summed E-state index contributed by atoms with van der Waals surface area (Å²) in [6, 6.07) is 8.60. The Labute approximate surface area is 265 Å². The van der Waals surface area contributed by atoms with Crippen LogP contribution in [-0.4, -0.2) is 37.2 Å². The third kappa shape index (κ3) is 7.63. The number of amides is 2. The van der Waals surface area contributed by atoms with Crippen LogP contribution in [-0.2, 0) is 33.8 Å². The van der Waals surface area contributed by atoms with Gasteiger partial charge < -0.3 is 19.5 Å². The molecule has 42 heavy (non-hydrogen) atoms. The highest BCUT2D eigenvalue weighted by molar-refractivity contribution is 9.10. The van der Waals surface area contributed by atoms with E-state index in [1.807, 2.05) is 6.92 Å². The second-order valence-corrected chi connectivity index (χ2v) is 11.8. The fourth-order valence-corrected chi connectivity index (χ4v) is 6.68. The Hall–Kier alpha value is -3.12. The highest BCUT2D eigenvalue weighted by atomic mass is 79.9. The molecule has 0 radical (unpaired) electrons. The van der Waals surface area contributed by atoms with Crippen molar-refractivity contribution >= 4 is 79.5 Å². The predicted octanol–water partition coefficient (Wildman–Crippen LogP) is 6.94. The molecule has 2 amide bonds. The van der Waals surface area contributed by atoms with Crippen molar-refractivity contribution in [2.75, 3.05) is 18.5 Å². The van der Waals surface area contributed by atoms with Crippen molar-refractivity contribution in [1.82, 2.24) is 5.43 Å². The Morgan fingerprint density at radius 3 is 2.50 bits per heavy atom. The standard InChI is InChI=1S/C29H28BrCl2N3O6S/c1-3-39-22-13-16(12-19(30)25(22)41-15-18-20(31)9-7-10-21(18)32)14-33-35-27(37)26(36)34-28-24(29(38)40-4-2)17-8-5-6-11-23(17)42-28/h7,9-10,12-14H,3-6,8,11,15H2,1-2H3,(H,34,36)(H,35,37)/b33-14+. The maximum atomic E-state index is 12.7. The van der Waals surface area contributed by atoms with E-state index in [0.717, 1.165) is 36.1 Å². The van der Waals surface area contributed by atoms with Crippen molar-refractivity contribution in [1.29, 1.82) is 0 Å². The van der Waals surface area contributed by atoms with Gasteiger partial charge in [0, 0.05) is 20.5 Å². The molecule has 0 fully saturated rings. The zero-order valence-electron chi connectivity index (χ0n) is 22.9. The van der Waals surface area contributed by atoms with Gasteiger partial charge in [-0.3, -0.25) is 9.59 Å². The molecule has 0 saturated carbocycles. The van der Waals surface area contributed by atoms with Crippen LogP contribution >= 0.6 is 50.5 Å². The summed E-state index contributed by atoms with van der Waals surface area (Å²) in [7, 11) is 0. The van der Waals surface area contributed by atoms with Gasteiger partial charge in [0.1, 0.15) is 11.6 Å². The molecule has 0 unspecified atom stereocenters. The Balaban J connectivity index is 1.44. The smallest absolute Gasteiger partial charge is 0.341 e.